The third-order valence-corrected chi connectivity index (χ3v) is 21.2. The Hall–Kier alpha value is -0.720. The molecule has 0 fully saturated rings. The lowest BCUT2D eigenvalue weighted by Gasteiger charge is -2.27. The first-order valence-corrected chi connectivity index (χ1v) is 48.3. The number of aliphatic hydroxyl groups excluding tert-OH is 9. The number of aliphatic hydroxyl groups is 9. The van der Waals surface area contributed by atoms with E-state index in [1.54, 1.807) is 6.92 Å². The lowest BCUT2D eigenvalue weighted by molar-refractivity contribution is 0.0236. The first-order valence-electron chi connectivity index (χ1n) is 48.3. The van der Waals surface area contributed by atoms with Crippen molar-refractivity contribution in [2.75, 3.05) is 138 Å². The molecule has 4 atom stereocenters. The minimum atomic E-state index is -0.755. The highest BCUT2D eigenvalue weighted by molar-refractivity contribution is 4.82. The Morgan fingerprint density at radius 2 is 0.431 bits per heavy atom. The monoisotopic (exact) mass is 1670 g/mol. The van der Waals surface area contributed by atoms with Crippen LogP contribution in [0.3, 0.4) is 0 Å². The van der Waals surface area contributed by atoms with Crippen LogP contribution in [-0.2, 0) is 23.7 Å². The molecule has 116 heavy (non-hydrogen) atoms. The van der Waals surface area contributed by atoms with Crippen LogP contribution in [-0.4, -0.2) is 220 Å². The van der Waals surface area contributed by atoms with Crippen molar-refractivity contribution in [1.82, 2.24) is 21.3 Å². The van der Waals surface area contributed by atoms with Gasteiger partial charge in [-0.3, -0.25) is 0 Å². The molecule has 0 saturated carbocycles. The van der Waals surface area contributed by atoms with E-state index in [0.29, 0.717) is 85.5 Å². The Bertz CT molecular complexity index is 1630. The summed E-state index contributed by atoms with van der Waals surface area (Å²) in [7, 11) is 0. The van der Waals surface area contributed by atoms with E-state index in [2.05, 4.69) is 49.0 Å². The van der Waals surface area contributed by atoms with Crippen LogP contribution in [0.5, 0.6) is 0 Å². The summed E-state index contributed by atoms with van der Waals surface area (Å²) in [5.41, 5.74) is -1.11. The largest absolute Gasteiger partial charge is 0.395 e. The van der Waals surface area contributed by atoms with Crippen molar-refractivity contribution < 1.29 is 69.6 Å². The number of β-amino-alcohol motifs (C(OH)–C–C–N with tert-alkyl or cyclic N) is 2. The van der Waals surface area contributed by atoms with Gasteiger partial charge < -0.3 is 90.9 Å². The first-order chi connectivity index (χ1) is 54.7. The zero-order valence-corrected chi connectivity index (χ0v) is 75.7. The zero-order valence-electron chi connectivity index (χ0n) is 75.7. The average molecular weight is 1670 g/mol. The van der Waals surface area contributed by atoms with Gasteiger partial charge in [0.25, 0.3) is 0 Å². The molecule has 0 radical (unpaired) electrons. The van der Waals surface area contributed by atoms with Crippen molar-refractivity contribution in [2.45, 2.75) is 499 Å². The lowest BCUT2D eigenvalue weighted by Crippen LogP contribution is -2.52. The van der Waals surface area contributed by atoms with Gasteiger partial charge in [0.1, 0.15) is 0 Å². The van der Waals surface area contributed by atoms with Crippen molar-refractivity contribution >= 4 is 0 Å². The SMILES string of the molecule is C.C.C.C.CCCCCCCCCCCCCCCCCOCC(O)CNC(C)(C)CO.CCCCCCCCCCCCCCCCCOCC(O)CNC(C)(CO)CO.CCCCCCCCCCCCCCCCCOCC(O)CNCCO.CCCCCCCCCCCCCCCCCOCC(O)CNCCOCCO. The van der Waals surface area contributed by atoms with Crippen molar-refractivity contribution in [3.63, 3.8) is 0 Å². The average Bonchev–Trinajstić information content (AvgIpc) is 0.932. The Kier molecular flexibility index (Phi) is 129. The maximum Gasteiger partial charge on any atom is 0.0897 e. The summed E-state index contributed by atoms with van der Waals surface area (Å²) < 4.78 is 27.3. The maximum absolute atomic E-state index is 9.88. The highest BCUT2D eigenvalue weighted by Crippen LogP contribution is 2.19. The van der Waals surface area contributed by atoms with Crippen molar-refractivity contribution in [3.8, 4) is 0 Å². The highest BCUT2D eigenvalue weighted by atomic mass is 16.5. The second kappa shape index (κ2) is 114. The van der Waals surface area contributed by atoms with Gasteiger partial charge in [0.05, 0.1) is 103 Å². The molecule has 0 spiro atoms. The van der Waals surface area contributed by atoms with Crippen LogP contribution in [0, 0.1) is 0 Å². The molecule has 0 aliphatic heterocycles. The molecule has 0 aromatic rings. The lowest BCUT2D eigenvalue weighted by atomic mass is 10.0. The molecule has 0 aromatic carbocycles. The van der Waals surface area contributed by atoms with E-state index in [9.17, 15) is 30.6 Å². The quantitative estimate of drug-likeness (QED) is 0.0252. The van der Waals surface area contributed by atoms with Gasteiger partial charge in [-0.2, -0.15) is 0 Å². The van der Waals surface area contributed by atoms with Crippen molar-refractivity contribution in [2.24, 2.45) is 0 Å². The summed E-state index contributed by atoms with van der Waals surface area (Å²) in [5, 5.41) is 96.1. The summed E-state index contributed by atoms with van der Waals surface area (Å²) in [6, 6.07) is 0. The summed E-state index contributed by atoms with van der Waals surface area (Å²) in [4.78, 5) is 0. The second-order valence-corrected chi connectivity index (χ2v) is 33.9. The predicted octanol–water partition coefficient (Wildman–Crippen LogP) is 22.4. The van der Waals surface area contributed by atoms with E-state index >= 15 is 0 Å². The summed E-state index contributed by atoms with van der Waals surface area (Å²) >= 11 is 0. The van der Waals surface area contributed by atoms with Gasteiger partial charge in [0.2, 0.25) is 0 Å². The Morgan fingerprint density at radius 3 is 0.638 bits per heavy atom. The molecule has 712 valence electrons. The van der Waals surface area contributed by atoms with Crippen molar-refractivity contribution in [1.29, 1.82) is 0 Å². The van der Waals surface area contributed by atoms with Gasteiger partial charge >= 0.3 is 0 Å². The number of hydrogen-bond acceptors (Lipinski definition) is 18. The summed E-state index contributed by atoms with van der Waals surface area (Å²) in [6.45, 7) is 22.7. The van der Waals surface area contributed by atoms with E-state index < -0.39 is 30.0 Å². The molecule has 0 saturated heterocycles. The number of unbranched alkanes of at least 4 members (excludes halogenated alkanes) is 56. The molecule has 0 rings (SSSR count). The predicted molar refractivity (Wildman–Crippen MR) is 504 cm³/mol. The Balaban J connectivity index is -0.000000221. The maximum atomic E-state index is 9.88. The van der Waals surface area contributed by atoms with Gasteiger partial charge in [-0.1, -0.05) is 417 Å². The molecule has 4 unspecified atom stereocenters. The fourth-order valence-electron chi connectivity index (χ4n) is 13.3. The highest BCUT2D eigenvalue weighted by Gasteiger charge is 2.23. The fourth-order valence-corrected chi connectivity index (χ4v) is 13.3. The molecule has 0 aromatic heterocycles. The smallest absolute Gasteiger partial charge is 0.0897 e. The first kappa shape index (κ1) is 131. The van der Waals surface area contributed by atoms with Crippen LogP contribution >= 0.6 is 0 Å². The molecule has 13 N–H and O–H groups in total. The van der Waals surface area contributed by atoms with E-state index in [4.69, 9.17) is 39.0 Å². The van der Waals surface area contributed by atoms with Crippen molar-refractivity contribution in [3.05, 3.63) is 0 Å². The third-order valence-electron chi connectivity index (χ3n) is 21.2. The standard InChI is InChI=1S/2C24H51NO4.C24H51NO3.C22H47NO3.4CH4/c1-3-4-5-6-7-8-9-10-11-12-13-14-15-16-17-18-29-20-23(28)19-25-24(2,21-26)22-27;1-2-3-4-5-6-7-8-9-10-11-12-13-14-15-16-19-29-23-24(27)22-25-17-20-28-21-18-26;1-4-5-6-7-8-9-10-11-12-13-14-15-16-17-18-19-28-21-23(27)20-25-24(2,3)22-26;1-2-3-4-5-6-7-8-9-10-11-12-13-14-15-16-19-26-21-22(25)20-23-17-18-24;;;;/h23,25-28H,3-22H2,1-2H3;24-27H,2-23H2,1H3;23,25-27H,4-22H2,1-3H3;22-25H,2-21H2,1H3;4*1H4. The molecule has 18 heteroatoms. The van der Waals surface area contributed by atoms with Crippen LogP contribution in [0.1, 0.15) is 463 Å². The van der Waals surface area contributed by atoms with E-state index in [1.807, 2.05) is 13.8 Å². The van der Waals surface area contributed by atoms with Crippen LogP contribution in [0.15, 0.2) is 0 Å². The van der Waals surface area contributed by atoms with Crippen LogP contribution in [0.25, 0.3) is 0 Å². The molecule has 0 heterocycles. The van der Waals surface area contributed by atoms with E-state index in [-0.39, 0.29) is 68.3 Å². The molecule has 0 amide bonds. The van der Waals surface area contributed by atoms with Gasteiger partial charge in [0, 0.05) is 71.2 Å². The second-order valence-electron chi connectivity index (χ2n) is 33.9. The van der Waals surface area contributed by atoms with Gasteiger partial charge in [0.15, 0.2) is 0 Å². The number of ether oxygens (including phenoxy) is 5. The zero-order chi connectivity index (χ0) is 82.9. The minimum absolute atomic E-state index is 0. The molecule has 0 bridgehead atoms. The van der Waals surface area contributed by atoms with Crippen LogP contribution in [0.4, 0.5) is 0 Å². The Morgan fingerprint density at radius 1 is 0.224 bits per heavy atom. The number of hydrogen-bond donors (Lipinski definition) is 13. The molecular weight excluding hydrogens is 1460 g/mol. The minimum Gasteiger partial charge on any atom is -0.395 e. The van der Waals surface area contributed by atoms with E-state index in [0.717, 1.165) is 45.5 Å². The summed E-state index contributed by atoms with van der Waals surface area (Å²) in [6.07, 6.45) is 79.8. The number of rotatable bonds is 92. The van der Waals surface area contributed by atoms with Crippen LogP contribution in [0.2, 0.25) is 0 Å². The van der Waals surface area contributed by atoms with Gasteiger partial charge in [-0.15, -0.1) is 0 Å². The summed E-state index contributed by atoms with van der Waals surface area (Å²) in [5.74, 6) is 0. The molecular formula is C98H216N4O14. The third kappa shape index (κ3) is 120. The van der Waals surface area contributed by atoms with E-state index in [1.165, 1.54) is 360 Å². The number of nitrogens with one attached hydrogen (secondary N) is 4. The van der Waals surface area contributed by atoms with Gasteiger partial charge in [-0.05, 0) is 46.5 Å². The van der Waals surface area contributed by atoms with Crippen LogP contribution < -0.4 is 21.3 Å². The topological polar surface area (TPSA) is 276 Å². The normalized spacial score (nSPS) is 12.4. The molecule has 0 aliphatic carbocycles. The fraction of sp³-hybridized carbons (Fsp3) is 1.00. The molecule has 18 nitrogen and oxygen atoms in total. The Labute approximate surface area is 724 Å². The molecule has 0 aliphatic rings. The van der Waals surface area contributed by atoms with Gasteiger partial charge in [-0.25, -0.2) is 0 Å².